The first-order chi connectivity index (χ1) is 8.69. The fourth-order valence-electron chi connectivity index (χ4n) is 1.80. The van der Waals surface area contributed by atoms with Crippen molar-refractivity contribution in [1.82, 2.24) is 5.32 Å². The van der Waals surface area contributed by atoms with Crippen molar-refractivity contribution < 1.29 is 19.1 Å². The number of methoxy groups -OCH3 is 1. The standard InChI is InChI=1S/C13H15NO4/c1-17-10-4-2-9(3-5-10)8-12(15)14-11-6-7-18-13(11)16/h2-5,11H,6-8H2,1H3,(H,14,15)/t11-/m0/s1. The van der Waals surface area contributed by atoms with Crippen molar-refractivity contribution in [1.29, 1.82) is 0 Å². The summed E-state index contributed by atoms with van der Waals surface area (Å²) in [6.45, 7) is 0.381. The maximum Gasteiger partial charge on any atom is 0.328 e. The zero-order chi connectivity index (χ0) is 13.0. The molecule has 1 saturated heterocycles. The van der Waals surface area contributed by atoms with Crippen LogP contribution >= 0.6 is 0 Å². The topological polar surface area (TPSA) is 64.6 Å². The number of carbonyl (C=O) groups excluding carboxylic acids is 2. The maximum absolute atomic E-state index is 11.7. The summed E-state index contributed by atoms with van der Waals surface area (Å²) in [6.07, 6.45) is 0.793. The minimum Gasteiger partial charge on any atom is -0.497 e. The van der Waals surface area contributed by atoms with Gasteiger partial charge in [-0.2, -0.15) is 0 Å². The van der Waals surface area contributed by atoms with E-state index in [-0.39, 0.29) is 18.3 Å². The third kappa shape index (κ3) is 3.00. The van der Waals surface area contributed by atoms with Crippen LogP contribution in [0.15, 0.2) is 24.3 Å². The van der Waals surface area contributed by atoms with Crippen LogP contribution in [0.4, 0.5) is 0 Å². The minimum absolute atomic E-state index is 0.177. The second kappa shape index (κ2) is 5.53. The molecule has 0 aliphatic carbocycles. The lowest BCUT2D eigenvalue weighted by Gasteiger charge is -2.09. The Hall–Kier alpha value is -2.04. The molecule has 1 N–H and O–H groups in total. The molecule has 1 aromatic rings. The van der Waals surface area contributed by atoms with Crippen molar-refractivity contribution in [3.63, 3.8) is 0 Å². The molecule has 0 saturated carbocycles. The average Bonchev–Trinajstić information content (AvgIpc) is 2.76. The minimum atomic E-state index is -0.490. The fraction of sp³-hybridized carbons (Fsp3) is 0.385. The summed E-state index contributed by atoms with van der Waals surface area (Å²) in [7, 11) is 1.59. The zero-order valence-electron chi connectivity index (χ0n) is 10.1. The summed E-state index contributed by atoms with van der Waals surface area (Å²) in [6, 6.07) is 6.76. The van der Waals surface area contributed by atoms with Crippen LogP contribution in [0.2, 0.25) is 0 Å². The number of rotatable bonds is 4. The number of esters is 1. The van der Waals surface area contributed by atoms with Gasteiger partial charge in [0.2, 0.25) is 5.91 Å². The van der Waals surface area contributed by atoms with Crippen LogP contribution in [0.25, 0.3) is 0 Å². The summed E-state index contributed by atoms with van der Waals surface area (Å²) in [5, 5.41) is 2.66. The Bertz CT molecular complexity index is 441. The average molecular weight is 249 g/mol. The molecule has 0 unspecified atom stereocenters. The molecule has 5 nitrogen and oxygen atoms in total. The number of amides is 1. The van der Waals surface area contributed by atoms with Crippen LogP contribution in [0.5, 0.6) is 5.75 Å². The molecule has 1 aliphatic rings. The van der Waals surface area contributed by atoms with Crippen LogP contribution in [0, 0.1) is 0 Å². The summed E-state index contributed by atoms with van der Waals surface area (Å²) < 4.78 is 9.81. The fourth-order valence-corrected chi connectivity index (χ4v) is 1.80. The Labute approximate surface area is 105 Å². The van der Waals surface area contributed by atoms with Crippen molar-refractivity contribution in [2.45, 2.75) is 18.9 Å². The molecule has 0 aromatic heterocycles. The van der Waals surface area contributed by atoms with Crippen LogP contribution in [-0.2, 0) is 20.7 Å². The molecule has 1 atom stereocenters. The van der Waals surface area contributed by atoms with E-state index in [2.05, 4.69) is 5.32 Å². The SMILES string of the molecule is COc1ccc(CC(=O)N[C@H]2CCOC2=O)cc1. The van der Waals surface area contributed by atoms with Gasteiger partial charge < -0.3 is 14.8 Å². The van der Waals surface area contributed by atoms with E-state index < -0.39 is 6.04 Å². The third-order valence-electron chi connectivity index (χ3n) is 2.79. The lowest BCUT2D eigenvalue weighted by molar-refractivity contribution is -0.141. The number of nitrogens with one attached hydrogen (secondary N) is 1. The van der Waals surface area contributed by atoms with Gasteiger partial charge >= 0.3 is 5.97 Å². The Morgan fingerprint density at radius 1 is 1.44 bits per heavy atom. The van der Waals surface area contributed by atoms with E-state index >= 15 is 0 Å². The van der Waals surface area contributed by atoms with Crippen LogP contribution in [0.3, 0.4) is 0 Å². The van der Waals surface area contributed by atoms with E-state index in [9.17, 15) is 9.59 Å². The van der Waals surface area contributed by atoms with Gasteiger partial charge in [-0.3, -0.25) is 4.79 Å². The van der Waals surface area contributed by atoms with Gasteiger partial charge in [0.05, 0.1) is 20.1 Å². The molecule has 1 aliphatic heterocycles. The molecular formula is C13H15NO4. The quantitative estimate of drug-likeness (QED) is 0.796. The van der Waals surface area contributed by atoms with E-state index in [0.29, 0.717) is 13.0 Å². The molecule has 18 heavy (non-hydrogen) atoms. The Balaban J connectivity index is 1.88. The highest BCUT2D eigenvalue weighted by Gasteiger charge is 2.27. The van der Waals surface area contributed by atoms with Gasteiger partial charge in [-0.15, -0.1) is 0 Å². The van der Waals surface area contributed by atoms with E-state index in [1.54, 1.807) is 19.2 Å². The second-order valence-corrected chi connectivity index (χ2v) is 4.10. The van der Waals surface area contributed by atoms with Gasteiger partial charge in [0.1, 0.15) is 11.8 Å². The van der Waals surface area contributed by atoms with Gasteiger partial charge in [0.25, 0.3) is 0 Å². The lowest BCUT2D eigenvalue weighted by Crippen LogP contribution is -2.38. The molecule has 5 heteroatoms. The van der Waals surface area contributed by atoms with E-state index in [1.807, 2.05) is 12.1 Å². The number of hydrogen-bond donors (Lipinski definition) is 1. The third-order valence-corrected chi connectivity index (χ3v) is 2.79. The Morgan fingerprint density at radius 3 is 2.72 bits per heavy atom. The number of benzene rings is 1. The predicted molar refractivity (Wildman–Crippen MR) is 64.2 cm³/mol. The molecule has 2 rings (SSSR count). The lowest BCUT2D eigenvalue weighted by atomic mass is 10.1. The van der Waals surface area contributed by atoms with Gasteiger partial charge in [0.15, 0.2) is 0 Å². The Kier molecular flexibility index (Phi) is 3.82. The first kappa shape index (κ1) is 12.4. The smallest absolute Gasteiger partial charge is 0.328 e. The molecule has 1 heterocycles. The number of cyclic esters (lactones) is 1. The summed E-state index contributed by atoms with van der Waals surface area (Å²) >= 11 is 0. The molecule has 1 fully saturated rings. The van der Waals surface area contributed by atoms with E-state index in [0.717, 1.165) is 11.3 Å². The normalized spacial score (nSPS) is 18.3. The van der Waals surface area contributed by atoms with Gasteiger partial charge in [-0.1, -0.05) is 12.1 Å². The molecule has 1 amide bonds. The van der Waals surface area contributed by atoms with Crippen molar-refractivity contribution in [2.75, 3.05) is 13.7 Å². The summed E-state index contributed by atoms with van der Waals surface area (Å²) in [5.74, 6) is 0.223. The maximum atomic E-state index is 11.7. The van der Waals surface area contributed by atoms with Crippen LogP contribution in [0.1, 0.15) is 12.0 Å². The van der Waals surface area contributed by atoms with Crippen molar-refractivity contribution in [3.8, 4) is 5.75 Å². The largest absolute Gasteiger partial charge is 0.497 e. The van der Waals surface area contributed by atoms with E-state index in [4.69, 9.17) is 9.47 Å². The molecule has 0 radical (unpaired) electrons. The van der Waals surface area contributed by atoms with Gasteiger partial charge in [-0.25, -0.2) is 4.79 Å². The summed E-state index contributed by atoms with van der Waals surface area (Å²) in [4.78, 5) is 22.9. The Morgan fingerprint density at radius 2 is 2.17 bits per heavy atom. The van der Waals surface area contributed by atoms with Gasteiger partial charge in [0, 0.05) is 6.42 Å². The molecule has 0 bridgehead atoms. The highest BCUT2D eigenvalue weighted by Crippen LogP contribution is 2.12. The zero-order valence-corrected chi connectivity index (χ0v) is 10.1. The highest BCUT2D eigenvalue weighted by molar-refractivity contribution is 5.86. The predicted octanol–water partition coefficient (Wildman–Crippen LogP) is 0.669. The van der Waals surface area contributed by atoms with E-state index in [1.165, 1.54) is 0 Å². The molecule has 0 spiro atoms. The molecule has 1 aromatic carbocycles. The number of carbonyl (C=O) groups is 2. The monoisotopic (exact) mass is 249 g/mol. The summed E-state index contributed by atoms with van der Waals surface area (Å²) in [5.41, 5.74) is 0.875. The molecule has 96 valence electrons. The van der Waals surface area contributed by atoms with Gasteiger partial charge in [-0.05, 0) is 17.7 Å². The first-order valence-corrected chi connectivity index (χ1v) is 5.78. The first-order valence-electron chi connectivity index (χ1n) is 5.78. The van der Waals surface area contributed by atoms with Crippen molar-refractivity contribution in [3.05, 3.63) is 29.8 Å². The van der Waals surface area contributed by atoms with Crippen molar-refractivity contribution in [2.24, 2.45) is 0 Å². The van der Waals surface area contributed by atoms with Crippen LogP contribution < -0.4 is 10.1 Å². The second-order valence-electron chi connectivity index (χ2n) is 4.10. The number of ether oxygens (including phenoxy) is 2. The van der Waals surface area contributed by atoms with Crippen molar-refractivity contribution >= 4 is 11.9 Å². The van der Waals surface area contributed by atoms with Crippen LogP contribution in [-0.4, -0.2) is 31.6 Å². The molecular weight excluding hydrogens is 234 g/mol. The number of hydrogen-bond acceptors (Lipinski definition) is 4. The highest BCUT2D eigenvalue weighted by atomic mass is 16.5.